The van der Waals surface area contributed by atoms with Gasteiger partial charge in [-0.05, 0) is 110 Å². The van der Waals surface area contributed by atoms with Crippen molar-refractivity contribution in [3.8, 4) is 0 Å². The minimum Gasteiger partial charge on any atom is -0.380 e. The second kappa shape index (κ2) is 15.6. The fraction of sp³-hybridized carbons (Fsp3) is 0.171. The number of hydrogen-bond donors (Lipinski definition) is 1. The second-order valence-corrected chi connectivity index (χ2v) is 11.9. The van der Waals surface area contributed by atoms with Crippen LogP contribution in [0.25, 0.3) is 10.8 Å². The van der Waals surface area contributed by atoms with Crippen LogP contribution < -0.4 is 5.32 Å². The van der Waals surface area contributed by atoms with Gasteiger partial charge in [0.2, 0.25) is 0 Å². The van der Waals surface area contributed by atoms with Crippen LogP contribution in [0.4, 0.5) is 39.8 Å². The van der Waals surface area contributed by atoms with Gasteiger partial charge in [-0.15, -0.1) is 5.11 Å². The number of azo groups is 3. The number of anilines is 1. The van der Waals surface area contributed by atoms with E-state index in [9.17, 15) is 0 Å². The van der Waals surface area contributed by atoms with Gasteiger partial charge in [-0.25, -0.2) is 0 Å². The lowest BCUT2D eigenvalue weighted by Crippen LogP contribution is -1.99. The van der Waals surface area contributed by atoms with Gasteiger partial charge in [0.1, 0.15) is 0 Å². The van der Waals surface area contributed by atoms with E-state index in [0.29, 0.717) is 0 Å². The van der Waals surface area contributed by atoms with E-state index in [1.54, 1.807) is 0 Å². The highest BCUT2D eigenvalue weighted by Gasteiger charge is 2.07. The Morgan fingerprint density at radius 1 is 0.500 bits per heavy atom. The Kier molecular flexibility index (Phi) is 10.5. The van der Waals surface area contributed by atoms with E-state index in [1.165, 1.54) is 29.5 Å². The van der Waals surface area contributed by atoms with Crippen molar-refractivity contribution in [3.05, 3.63) is 150 Å². The first kappa shape index (κ1) is 32.1. The standard InChI is InChI=1S/C41H39N7/c1-4-5-8-31-15-17-33(18-16-31)43-44-34-19-21-35(22-20-34)45-47-39-24-23-36(27-30(39)3)46-48-41-26-25-40(37-9-6-7-10-38(37)41)42-28-32-13-11-29(2)12-14-32/h6-7,9-27,42H,4-5,8,28H2,1-3H3. The zero-order valence-electron chi connectivity index (χ0n) is 27.6. The first-order chi connectivity index (χ1) is 23.5. The molecule has 0 aliphatic carbocycles. The molecule has 0 radical (unpaired) electrons. The summed E-state index contributed by atoms with van der Waals surface area (Å²) in [5, 5.41) is 32.5. The molecule has 0 saturated heterocycles. The summed E-state index contributed by atoms with van der Waals surface area (Å²) in [5.41, 5.74) is 10.5. The van der Waals surface area contributed by atoms with E-state index in [4.69, 9.17) is 0 Å². The third kappa shape index (κ3) is 8.50. The summed E-state index contributed by atoms with van der Waals surface area (Å²) in [6.07, 6.45) is 3.49. The summed E-state index contributed by atoms with van der Waals surface area (Å²) in [7, 11) is 0. The van der Waals surface area contributed by atoms with Gasteiger partial charge in [0, 0.05) is 23.0 Å². The summed E-state index contributed by atoms with van der Waals surface area (Å²) in [6, 6.07) is 42.5. The minimum atomic E-state index is 0.737. The number of nitrogens with zero attached hydrogens (tertiary/aromatic N) is 6. The van der Waals surface area contributed by atoms with Gasteiger partial charge < -0.3 is 5.32 Å². The van der Waals surface area contributed by atoms with Gasteiger partial charge in [0.15, 0.2) is 0 Å². The van der Waals surface area contributed by atoms with Crippen molar-refractivity contribution in [2.45, 2.75) is 46.6 Å². The van der Waals surface area contributed by atoms with Crippen LogP contribution in [0.15, 0.2) is 158 Å². The number of rotatable bonds is 12. The van der Waals surface area contributed by atoms with Crippen molar-refractivity contribution in [2.75, 3.05) is 5.32 Å². The molecule has 0 spiro atoms. The number of unbranched alkanes of at least 4 members (excludes halogenated alkanes) is 1. The molecule has 6 aromatic carbocycles. The van der Waals surface area contributed by atoms with Gasteiger partial charge >= 0.3 is 0 Å². The van der Waals surface area contributed by atoms with E-state index in [2.05, 4.69) is 104 Å². The summed E-state index contributed by atoms with van der Waals surface area (Å²) in [6.45, 7) is 7.05. The van der Waals surface area contributed by atoms with Gasteiger partial charge in [-0.3, -0.25) is 0 Å². The maximum absolute atomic E-state index is 4.62. The lowest BCUT2D eigenvalue weighted by atomic mass is 10.1. The molecule has 1 N–H and O–H groups in total. The normalized spacial score (nSPS) is 11.7. The van der Waals surface area contributed by atoms with E-state index in [1.807, 2.05) is 79.7 Å². The van der Waals surface area contributed by atoms with E-state index < -0.39 is 0 Å². The predicted octanol–water partition coefficient (Wildman–Crippen LogP) is 13.7. The molecular formula is C41H39N7. The Morgan fingerprint density at radius 2 is 1.04 bits per heavy atom. The van der Waals surface area contributed by atoms with Crippen LogP contribution in [0.3, 0.4) is 0 Å². The van der Waals surface area contributed by atoms with Gasteiger partial charge in [-0.1, -0.05) is 79.6 Å². The molecule has 238 valence electrons. The van der Waals surface area contributed by atoms with Gasteiger partial charge in [0.25, 0.3) is 0 Å². The topological polar surface area (TPSA) is 86.2 Å². The molecule has 0 aromatic heterocycles. The van der Waals surface area contributed by atoms with Crippen molar-refractivity contribution in [1.29, 1.82) is 0 Å². The van der Waals surface area contributed by atoms with Crippen molar-refractivity contribution in [2.24, 2.45) is 30.7 Å². The molecule has 0 saturated carbocycles. The molecule has 0 aliphatic rings. The number of aryl methyl sites for hydroxylation is 3. The van der Waals surface area contributed by atoms with Crippen LogP contribution in [0.1, 0.15) is 42.0 Å². The first-order valence-corrected chi connectivity index (χ1v) is 16.4. The summed E-state index contributed by atoms with van der Waals surface area (Å²) in [4.78, 5) is 0. The predicted molar refractivity (Wildman–Crippen MR) is 198 cm³/mol. The Balaban J connectivity index is 1.08. The Bertz CT molecular complexity index is 2060. The largest absolute Gasteiger partial charge is 0.380 e. The quantitative estimate of drug-likeness (QED) is 0.134. The zero-order valence-corrected chi connectivity index (χ0v) is 27.6. The molecule has 7 heteroatoms. The molecule has 6 aromatic rings. The highest BCUT2D eigenvalue weighted by molar-refractivity contribution is 6.00. The molecule has 0 unspecified atom stereocenters. The summed E-state index contributed by atoms with van der Waals surface area (Å²) < 4.78 is 0. The lowest BCUT2D eigenvalue weighted by Gasteiger charge is -2.11. The van der Waals surface area contributed by atoms with Crippen LogP contribution in [0, 0.1) is 13.8 Å². The number of nitrogens with one attached hydrogen (secondary N) is 1. The highest BCUT2D eigenvalue weighted by atomic mass is 15.1. The third-order valence-corrected chi connectivity index (χ3v) is 8.12. The molecular weight excluding hydrogens is 591 g/mol. The molecule has 48 heavy (non-hydrogen) atoms. The Labute approximate surface area is 282 Å². The SMILES string of the molecule is CCCCc1ccc(N=Nc2ccc(N=Nc3ccc(N=Nc4ccc(NCc5ccc(C)cc5)c5ccccc45)cc3C)cc2)cc1. The Hall–Kier alpha value is -5.82. The van der Waals surface area contributed by atoms with E-state index in [-0.39, 0.29) is 0 Å². The molecule has 0 fully saturated rings. The lowest BCUT2D eigenvalue weighted by molar-refractivity contribution is 0.795. The first-order valence-electron chi connectivity index (χ1n) is 16.4. The fourth-order valence-electron chi connectivity index (χ4n) is 5.28. The van der Waals surface area contributed by atoms with Gasteiger partial charge in [-0.2, -0.15) is 25.6 Å². The molecule has 0 heterocycles. The maximum atomic E-state index is 4.62. The highest BCUT2D eigenvalue weighted by Crippen LogP contribution is 2.34. The summed E-state index contributed by atoms with van der Waals surface area (Å²) >= 11 is 0. The zero-order chi connectivity index (χ0) is 33.1. The van der Waals surface area contributed by atoms with Crippen LogP contribution in [-0.4, -0.2) is 0 Å². The molecule has 7 nitrogen and oxygen atoms in total. The molecule has 0 atom stereocenters. The third-order valence-electron chi connectivity index (χ3n) is 8.12. The number of benzene rings is 6. The monoisotopic (exact) mass is 629 g/mol. The van der Waals surface area contributed by atoms with Crippen LogP contribution in [0.5, 0.6) is 0 Å². The molecule has 0 aliphatic heterocycles. The molecule has 6 rings (SSSR count). The Morgan fingerprint density at radius 3 is 1.71 bits per heavy atom. The van der Waals surface area contributed by atoms with Crippen molar-refractivity contribution in [3.63, 3.8) is 0 Å². The van der Waals surface area contributed by atoms with Gasteiger partial charge in [0.05, 0.1) is 34.1 Å². The minimum absolute atomic E-state index is 0.737. The van der Waals surface area contributed by atoms with Crippen LogP contribution >= 0.6 is 0 Å². The van der Waals surface area contributed by atoms with Crippen LogP contribution in [-0.2, 0) is 13.0 Å². The van der Waals surface area contributed by atoms with Crippen molar-refractivity contribution >= 4 is 50.6 Å². The average molecular weight is 630 g/mol. The average Bonchev–Trinajstić information content (AvgIpc) is 3.12. The number of fused-ring (bicyclic) bond motifs is 1. The second-order valence-electron chi connectivity index (χ2n) is 11.9. The molecule has 0 amide bonds. The maximum Gasteiger partial charge on any atom is 0.0936 e. The molecule has 0 bridgehead atoms. The van der Waals surface area contributed by atoms with E-state index in [0.717, 1.165) is 69.1 Å². The number of hydrogen-bond acceptors (Lipinski definition) is 7. The van der Waals surface area contributed by atoms with Crippen molar-refractivity contribution < 1.29 is 0 Å². The smallest absolute Gasteiger partial charge is 0.0936 e. The van der Waals surface area contributed by atoms with E-state index >= 15 is 0 Å². The van der Waals surface area contributed by atoms with Crippen LogP contribution in [0.2, 0.25) is 0 Å². The fourth-order valence-corrected chi connectivity index (χ4v) is 5.28. The summed E-state index contributed by atoms with van der Waals surface area (Å²) in [5.74, 6) is 0. The van der Waals surface area contributed by atoms with Crippen molar-refractivity contribution in [1.82, 2.24) is 0 Å².